The van der Waals surface area contributed by atoms with Gasteiger partial charge in [0.1, 0.15) is 11.0 Å². The van der Waals surface area contributed by atoms with Crippen LogP contribution in [0.25, 0.3) is 22.4 Å². The number of benzene rings is 1. The summed E-state index contributed by atoms with van der Waals surface area (Å²) in [5.41, 5.74) is 3.15. The second kappa shape index (κ2) is 5.71. The number of hydrogen-bond donors (Lipinski definition) is 0. The average Bonchev–Trinajstić information content (AvgIpc) is 3.33. The van der Waals surface area contributed by atoms with E-state index in [1.54, 1.807) is 28.4 Å². The Morgan fingerprint density at radius 2 is 2.08 bits per heavy atom. The van der Waals surface area contributed by atoms with Crippen LogP contribution in [0.4, 0.5) is 0 Å². The minimum absolute atomic E-state index is 0.0104. The third-order valence-electron chi connectivity index (χ3n) is 4.24. The largest absolute Gasteiger partial charge is 0.339 e. The number of carbonyl (C=O) groups excluding carboxylic acids is 1. The normalized spacial score (nSPS) is 14.8. The molecular weight excluding hydrogens is 358 g/mol. The van der Waals surface area contributed by atoms with E-state index in [-0.39, 0.29) is 11.8 Å². The van der Waals surface area contributed by atoms with Gasteiger partial charge >= 0.3 is 0 Å². The molecule has 0 saturated carbocycles. The zero-order chi connectivity index (χ0) is 16.8. The highest BCUT2D eigenvalue weighted by Crippen LogP contribution is 2.29. The van der Waals surface area contributed by atoms with Crippen molar-refractivity contribution in [2.75, 3.05) is 13.1 Å². The summed E-state index contributed by atoms with van der Waals surface area (Å²) in [6.45, 7) is 1.16. The maximum Gasteiger partial charge on any atom is 0.253 e. The Morgan fingerprint density at radius 3 is 2.92 bits per heavy atom. The monoisotopic (exact) mass is 369 g/mol. The van der Waals surface area contributed by atoms with Crippen LogP contribution in [0.5, 0.6) is 0 Å². The van der Waals surface area contributed by atoms with Gasteiger partial charge < -0.3 is 9.42 Å². The Morgan fingerprint density at radius 1 is 1.20 bits per heavy atom. The summed E-state index contributed by atoms with van der Waals surface area (Å²) in [7, 11) is 0. The van der Waals surface area contributed by atoms with E-state index in [0.29, 0.717) is 30.4 Å². The van der Waals surface area contributed by atoms with Crippen molar-refractivity contribution in [3.63, 3.8) is 0 Å². The van der Waals surface area contributed by atoms with Crippen molar-refractivity contribution in [2.24, 2.45) is 0 Å². The lowest BCUT2D eigenvalue weighted by Gasteiger charge is -2.37. The van der Waals surface area contributed by atoms with Crippen LogP contribution >= 0.6 is 23.1 Å². The van der Waals surface area contributed by atoms with E-state index < -0.39 is 0 Å². The van der Waals surface area contributed by atoms with Crippen LogP contribution < -0.4 is 0 Å². The van der Waals surface area contributed by atoms with Gasteiger partial charge in [0.15, 0.2) is 0 Å². The van der Waals surface area contributed by atoms with Crippen LogP contribution in [0.1, 0.15) is 22.2 Å². The molecule has 1 fully saturated rings. The van der Waals surface area contributed by atoms with E-state index in [4.69, 9.17) is 4.52 Å². The lowest BCUT2D eigenvalue weighted by Crippen LogP contribution is -2.48. The lowest BCUT2D eigenvalue weighted by atomic mass is 9.98. The molecule has 1 aromatic carbocycles. The molecule has 5 rings (SSSR count). The van der Waals surface area contributed by atoms with Crippen molar-refractivity contribution in [2.45, 2.75) is 5.92 Å². The van der Waals surface area contributed by atoms with Gasteiger partial charge in [0.05, 0.1) is 17.6 Å². The highest BCUT2D eigenvalue weighted by molar-refractivity contribution is 7.08. The van der Waals surface area contributed by atoms with Crippen LogP contribution in [-0.4, -0.2) is 42.8 Å². The molecule has 25 heavy (non-hydrogen) atoms. The molecule has 9 heteroatoms. The smallest absolute Gasteiger partial charge is 0.253 e. The molecule has 4 aromatic rings. The first-order chi connectivity index (χ1) is 12.3. The fourth-order valence-electron chi connectivity index (χ4n) is 2.81. The molecule has 1 aliphatic rings. The van der Waals surface area contributed by atoms with E-state index in [2.05, 4.69) is 18.9 Å². The minimum atomic E-state index is -0.0104. The predicted octanol–water partition coefficient (Wildman–Crippen LogP) is 3.04. The molecule has 0 N–H and O–H groups in total. The van der Waals surface area contributed by atoms with Crippen LogP contribution in [0.15, 0.2) is 39.5 Å². The fraction of sp³-hybridized carbons (Fsp3) is 0.188. The maximum atomic E-state index is 12.6. The molecule has 0 bridgehead atoms. The van der Waals surface area contributed by atoms with Gasteiger partial charge in [0.25, 0.3) is 5.91 Å². The molecule has 4 heterocycles. The molecule has 7 nitrogen and oxygen atoms in total. The summed E-state index contributed by atoms with van der Waals surface area (Å²) in [5, 5.41) is 7.98. The summed E-state index contributed by atoms with van der Waals surface area (Å²) in [6, 6.07) is 7.37. The van der Waals surface area contributed by atoms with Gasteiger partial charge in [-0.3, -0.25) is 4.79 Å². The quantitative estimate of drug-likeness (QED) is 0.552. The summed E-state index contributed by atoms with van der Waals surface area (Å²) in [5.74, 6) is 1.27. The summed E-state index contributed by atoms with van der Waals surface area (Å²) in [6.07, 6.45) is 0. The number of hydrogen-bond acceptors (Lipinski definition) is 8. The topological polar surface area (TPSA) is 85.0 Å². The zero-order valence-corrected chi connectivity index (χ0v) is 14.5. The highest BCUT2D eigenvalue weighted by Gasteiger charge is 2.36. The number of likely N-dealkylation sites (tertiary alicyclic amines) is 1. The van der Waals surface area contributed by atoms with Gasteiger partial charge in [-0.1, -0.05) is 5.16 Å². The Labute approximate surface area is 150 Å². The standard InChI is InChI=1S/C16H11N5O2S2/c22-16(9-1-2-12-13(5-9)20-25-19-12)21-6-11(7-21)15-17-14(18-23-15)10-3-4-24-8-10/h1-5,8,11H,6-7H2. The predicted molar refractivity (Wildman–Crippen MR) is 93.7 cm³/mol. The summed E-state index contributed by atoms with van der Waals surface area (Å²) < 4.78 is 13.7. The molecule has 0 aliphatic carbocycles. The lowest BCUT2D eigenvalue weighted by molar-refractivity contribution is 0.0569. The van der Waals surface area contributed by atoms with E-state index in [1.165, 1.54) is 0 Å². The molecular formula is C16H11N5O2S2. The van der Waals surface area contributed by atoms with Gasteiger partial charge in [-0.25, -0.2) is 0 Å². The third-order valence-corrected chi connectivity index (χ3v) is 5.48. The van der Waals surface area contributed by atoms with Gasteiger partial charge in [-0.05, 0) is 29.6 Å². The Kier molecular flexibility index (Phi) is 3.35. The van der Waals surface area contributed by atoms with Crippen molar-refractivity contribution in [1.29, 1.82) is 0 Å². The number of aromatic nitrogens is 4. The maximum absolute atomic E-state index is 12.6. The van der Waals surface area contributed by atoms with Gasteiger partial charge in [-0.2, -0.15) is 25.1 Å². The van der Waals surface area contributed by atoms with Gasteiger partial charge in [0.2, 0.25) is 11.7 Å². The first kappa shape index (κ1) is 14.7. The van der Waals surface area contributed by atoms with E-state index >= 15 is 0 Å². The van der Waals surface area contributed by atoms with Crippen molar-refractivity contribution in [3.8, 4) is 11.4 Å². The Bertz CT molecular complexity index is 1050. The SMILES string of the molecule is O=C(c1ccc2nsnc2c1)N1CC(c2nc(-c3ccsc3)no2)C1. The van der Waals surface area contributed by atoms with Crippen LogP contribution in [0, 0.1) is 0 Å². The number of rotatable bonds is 3. The molecule has 124 valence electrons. The third kappa shape index (κ3) is 2.52. The summed E-state index contributed by atoms with van der Waals surface area (Å²) in [4.78, 5) is 18.8. The summed E-state index contributed by atoms with van der Waals surface area (Å²) >= 11 is 2.74. The molecule has 0 radical (unpaired) electrons. The van der Waals surface area contributed by atoms with Crippen molar-refractivity contribution >= 4 is 40.0 Å². The Balaban J connectivity index is 1.29. The fourth-order valence-corrected chi connectivity index (χ4v) is 3.96. The van der Waals surface area contributed by atoms with E-state index in [9.17, 15) is 4.79 Å². The average molecular weight is 369 g/mol. The number of carbonyl (C=O) groups is 1. The molecule has 0 spiro atoms. The van der Waals surface area contributed by atoms with Crippen LogP contribution in [0.2, 0.25) is 0 Å². The number of fused-ring (bicyclic) bond motifs is 1. The molecule has 1 saturated heterocycles. The van der Waals surface area contributed by atoms with Gasteiger partial charge in [0, 0.05) is 29.6 Å². The van der Waals surface area contributed by atoms with Crippen molar-refractivity contribution in [3.05, 3.63) is 46.5 Å². The molecule has 1 amide bonds. The number of thiophene rings is 1. The second-order valence-corrected chi connectivity index (χ2v) is 7.15. The van der Waals surface area contributed by atoms with Crippen molar-refractivity contribution < 1.29 is 9.32 Å². The molecule has 0 unspecified atom stereocenters. The first-order valence-corrected chi connectivity index (χ1v) is 9.33. The van der Waals surface area contributed by atoms with Gasteiger partial charge in [-0.15, -0.1) is 0 Å². The second-order valence-electron chi connectivity index (χ2n) is 5.84. The molecule has 1 aliphatic heterocycles. The number of nitrogens with zero attached hydrogens (tertiary/aromatic N) is 5. The highest BCUT2D eigenvalue weighted by atomic mass is 32.1. The molecule has 0 atom stereocenters. The minimum Gasteiger partial charge on any atom is -0.339 e. The Hall–Kier alpha value is -2.65. The molecule has 3 aromatic heterocycles. The van der Waals surface area contributed by atoms with Crippen LogP contribution in [-0.2, 0) is 0 Å². The van der Waals surface area contributed by atoms with E-state index in [0.717, 1.165) is 28.3 Å². The van der Waals surface area contributed by atoms with Crippen molar-refractivity contribution in [1.82, 2.24) is 23.8 Å². The number of amides is 1. The zero-order valence-electron chi connectivity index (χ0n) is 12.8. The van der Waals surface area contributed by atoms with Crippen LogP contribution in [0.3, 0.4) is 0 Å². The van der Waals surface area contributed by atoms with E-state index in [1.807, 2.05) is 22.9 Å². The first-order valence-electron chi connectivity index (χ1n) is 7.66.